The molecular weight excluding hydrogens is 258 g/mol. The lowest BCUT2D eigenvalue weighted by molar-refractivity contribution is -0.143. The number of aliphatic carboxylic acids is 1. The van der Waals surface area contributed by atoms with E-state index < -0.39 is 11.9 Å². The summed E-state index contributed by atoms with van der Waals surface area (Å²) >= 11 is 0. The molecule has 1 aromatic carbocycles. The van der Waals surface area contributed by atoms with Gasteiger partial charge >= 0.3 is 5.97 Å². The number of nitrogens with zero attached hydrogens (tertiary/aromatic N) is 1. The molecule has 1 heterocycles. The smallest absolute Gasteiger partial charge is 0.312 e. The summed E-state index contributed by atoms with van der Waals surface area (Å²) in [7, 11) is 0. The molecule has 1 atom stereocenters. The fourth-order valence-electron chi connectivity index (χ4n) is 2.34. The van der Waals surface area contributed by atoms with E-state index >= 15 is 0 Å². The van der Waals surface area contributed by atoms with E-state index in [2.05, 4.69) is 0 Å². The van der Waals surface area contributed by atoms with Gasteiger partial charge in [-0.15, -0.1) is 0 Å². The molecule has 108 valence electrons. The molecule has 1 aromatic rings. The fourth-order valence-corrected chi connectivity index (χ4v) is 2.34. The Labute approximate surface area is 118 Å². The minimum atomic E-state index is -0.903. The van der Waals surface area contributed by atoms with E-state index in [1.54, 1.807) is 4.90 Å². The Balaban J connectivity index is 2.16. The summed E-state index contributed by atoms with van der Waals surface area (Å²) in [5.41, 5.74) is 1.69. The van der Waals surface area contributed by atoms with Gasteiger partial charge in [-0.25, -0.2) is 0 Å². The third-order valence-electron chi connectivity index (χ3n) is 3.39. The summed E-state index contributed by atoms with van der Waals surface area (Å²) < 4.78 is 5.30. The molecule has 2 rings (SSSR count). The number of carboxylic acids is 1. The van der Waals surface area contributed by atoms with Crippen LogP contribution in [-0.4, -0.2) is 41.1 Å². The highest BCUT2D eigenvalue weighted by atomic mass is 16.5. The standard InChI is InChI=1S/C15H19NO4/c1-10(2)20-9-14(17)16-7-11-5-3-4-6-12(11)13(8-16)15(18)19/h3-6,10,13H,7-9H2,1-2H3,(H,18,19). The SMILES string of the molecule is CC(C)OCC(=O)N1Cc2ccccc2C(C(=O)O)C1. The maximum atomic E-state index is 12.1. The van der Waals surface area contributed by atoms with Crippen molar-refractivity contribution in [2.45, 2.75) is 32.4 Å². The molecule has 0 saturated carbocycles. The molecular formula is C15H19NO4. The molecule has 1 aliphatic heterocycles. The monoisotopic (exact) mass is 277 g/mol. The summed E-state index contributed by atoms with van der Waals surface area (Å²) in [6, 6.07) is 7.37. The molecule has 1 amide bonds. The predicted molar refractivity (Wildman–Crippen MR) is 73.3 cm³/mol. The highest BCUT2D eigenvalue weighted by molar-refractivity contribution is 5.82. The van der Waals surface area contributed by atoms with Crippen LogP contribution in [0.2, 0.25) is 0 Å². The van der Waals surface area contributed by atoms with Gasteiger partial charge in [0.25, 0.3) is 0 Å². The molecule has 5 nitrogen and oxygen atoms in total. The first-order valence-corrected chi connectivity index (χ1v) is 6.69. The lowest BCUT2D eigenvalue weighted by Gasteiger charge is -2.32. The summed E-state index contributed by atoms with van der Waals surface area (Å²) in [5.74, 6) is -1.73. The Morgan fingerprint density at radius 1 is 1.40 bits per heavy atom. The second-order valence-corrected chi connectivity index (χ2v) is 5.22. The molecule has 0 fully saturated rings. The number of fused-ring (bicyclic) bond motifs is 1. The molecule has 0 aliphatic carbocycles. The van der Waals surface area contributed by atoms with Gasteiger partial charge in [-0.05, 0) is 25.0 Å². The van der Waals surface area contributed by atoms with E-state index in [0.717, 1.165) is 11.1 Å². The lowest BCUT2D eigenvalue weighted by Crippen LogP contribution is -2.42. The van der Waals surface area contributed by atoms with Crippen LogP contribution in [0.3, 0.4) is 0 Å². The topological polar surface area (TPSA) is 66.8 Å². The molecule has 1 N–H and O–H groups in total. The molecule has 0 bridgehead atoms. The predicted octanol–water partition coefficient (Wildman–Crippen LogP) is 1.62. The van der Waals surface area contributed by atoms with Gasteiger partial charge in [0, 0.05) is 13.1 Å². The molecule has 1 unspecified atom stereocenters. The number of hydrogen-bond acceptors (Lipinski definition) is 3. The van der Waals surface area contributed by atoms with Gasteiger partial charge in [0.05, 0.1) is 12.0 Å². The van der Waals surface area contributed by atoms with Crippen molar-refractivity contribution in [1.29, 1.82) is 0 Å². The molecule has 0 aromatic heterocycles. The highest BCUT2D eigenvalue weighted by Gasteiger charge is 2.32. The van der Waals surface area contributed by atoms with Gasteiger partial charge in [0.1, 0.15) is 6.61 Å². The lowest BCUT2D eigenvalue weighted by atomic mass is 9.90. The van der Waals surface area contributed by atoms with Crippen LogP contribution < -0.4 is 0 Å². The molecule has 0 saturated heterocycles. The number of carbonyl (C=O) groups is 2. The average Bonchev–Trinajstić information content (AvgIpc) is 2.43. The van der Waals surface area contributed by atoms with Crippen molar-refractivity contribution in [3.63, 3.8) is 0 Å². The molecule has 0 radical (unpaired) electrons. The Bertz CT molecular complexity index is 512. The minimum Gasteiger partial charge on any atom is -0.481 e. The van der Waals surface area contributed by atoms with Crippen molar-refractivity contribution in [2.24, 2.45) is 0 Å². The van der Waals surface area contributed by atoms with Crippen molar-refractivity contribution in [3.05, 3.63) is 35.4 Å². The summed E-state index contributed by atoms with van der Waals surface area (Å²) in [6.07, 6.45) is -0.0219. The van der Waals surface area contributed by atoms with Gasteiger partial charge in [-0.2, -0.15) is 0 Å². The average molecular weight is 277 g/mol. The Kier molecular flexibility index (Phi) is 4.39. The number of ether oxygens (including phenoxy) is 1. The summed E-state index contributed by atoms with van der Waals surface area (Å²) in [5, 5.41) is 9.33. The largest absolute Gasteiger partial charge is 0.481 e. The van der Waals surface area contributed by atoms with Crippen LogP contribution in [0.15, 0.2) is 24.3 Å². The van der Waals surface area contributed by atoms with Crippen LogP contribution in [0.5, 0.6) is 0 Å². The molecule has 1 aliphatic rings. The third kappa shape index (κ3) is 3.17. The Morgan fingerprint density at radius 3 is 2.75 bits per heavy atom. The minimum absolute atomic E-state index is 0.00777. The first-order chi connectivity index (χ1) is 9.49. The molecule has 5 heteroatoms. The van der Waals surface area contributed by atoms with Crippen LogP contribution in [-0.2, 0) is 20.9 Å². The van der Waals surface area contributed by atoms with E-state index in [0.29, 0.717) is 6.54 Å². The molecule has 0 spiro atoms. The van der Waals surface area contributed by atoms with Gasteiger partial charge < -0.3 is 14.7 Å². The van der Waals surface area contributed by atoms with Crippen LogP contribution >= 0.6 is 0 Å². The van der Waals surface area contributed by atoms with Crippen molar-refractivity contribution >= 4 is 11.9 Å². The number of carboxylic acid groups (broad SMARTS) is 1. The van der Waals surface area contributed by atoms with Crippen molar-refractivity contribution < 1.29 is 19.4 Å². The van der Waals surface area contributed by atoms with Crippen LogP contribution in [0.25, 0.3) is 0 Å². The van der Waals surface area contributed by atoms with Crippen molar-refractivity contribution in [2.75, 3.05) is 13.2 Å². The van der Waals surface area contributed by atoms with Crippen LogP contribution in [0, 0.1) is 0 Å². The first-order valence-electron chi connectivity index (χ1n) is 6.69. The number of hydrogen-bond donors (Lipinski definition) is 1. The maximum Gasteiger partial charge on any atom is 0.312 e. The number of carbonyl (C=O) groups excluding carboxylic acids is 1. The quantitative estimate of drug-likeness (QED) is 0.908. The van der Waals surface area contributed by atoms with Gasteiger partial charge in [-0.3, -0.25) is 9.59 Å². The maximum absolute atomic E-state index is 12.1. The van der Waals surface area contributed by atoms with Gasteiger partial charge in [0.15, 0.2) is 0 Å². The van der Waals surface area contributed by atoms with Crippen LogP contribution in [0.1, 0.15) is 30.9 Å². The Hall–Kier alpha value is -1.88. The molecule has 20 heavy (non-hydrogen) atoms. The zero-order valence-electron chi connectivity index (χ0n) is 11.7. The van der Waals surface area contributed by atoms with Crippen LogP contribution in [0.4, 0.5) is 0 Å². The number of rotatable bonds is 4. The second-order valence-electron chi connectivity index (χ2n) is 5.22. The third-order valence-corrected chi connectivity index (χ3v) is 3.39. The second kappa shape index (κ2) is 6.05. The van der Waals surface area contributed by atoms with Gasteiger partial charge in [0.2, 0.25) is 5.91 Å². The van der Waals surface area contributed by atoms with Crippen molar-refractivity contribution in [3.8, 4) is 0 Å². The van der Waals surface area contributed by atoms with E-state index in [-0.39, 0.29) is 25.2 Å². The number of benzene rings is 1. The zero-order valence-corrected chi connectivity index (χ0v) is 11.7. The zero-order chi connectivity index (χ0) is 14.7. The summed E-state index contributed by atoms with van der Waals surface area (Å²) in [6.45, 7) is 4.36. The van der Waals surface area contributed by atoms with E-state index in [9.17, 15) is 14.7 Å². The Morgan fingerprint density at radius 2 is 2.10 bits per heavy atom. The highest BCUT2D eigenvalue weighted by Crippen LogP contribution is 2.28. The number of amides is 1. The van der Waals surface area contributed by atoms with Gasteiger partial charge in [-0.1, -0.05) is 24.3 Å². The van der Waals surface area contributed by atoms with E-state index in [1.165, 1.54) is 0 Å². The first kappa shape index (κ1) is 14.5. The van der Waals surface area contributed by atoms with Crippen molar-refractivity contribution in [1.82, 2.24) is 4.90 Å². The fraction of sp³-hybridized carbons (Fsp3) is 0.467. The van der Waals surface area contributed by atoms with E-state index in [4.69, 9.17) is 4.74 Å². The van der Waals surface area contributed by atoms with E-state index in [1.807, 2.05) is 38.1 Å². The normalized spacial score (nSPS) is 17.9. The summed E-state index contributed by atoms with van der Waals surface area (Å²) in [4.78, 5) is 25.0.